The summed E-state index contributed by atoms with van der Waals surface area (Å²) >= 11 is 0. The van der Waals surface area contributed by atoms with Crippen LogP contribution in [0.2, 0.25) is 0 Å². The largest absolute Gasteiger partial charge is 0.465 e. The van der Waals surface area contributed by atoms with E-state index in [1.54, 1.807) is 0 Å². The molecule has 4 saturated carbocycles. The zero-order valence-electron chi connectivity index (χ0n) is 19.3. The molecule has 0 radical (unpaired) electrons. The molecule has 172 valence electrons. The molecule has 0 aromatic carbocycles. The average Bonchev–Trinajstić information content (AvgIpc) is 3.07. The first-order valence-corrected chi connectivity index (χ1v) is 12.2. The maximum atomic E-state index is 12.3. The lowest BCUT2D eigenvalue weighted by molar-refractivity contribution is -0.244. The summed E-state index contributed by atoms with van der Waals surface area (Å²) in [6, 6.07) is 0. The van der Waals surface area contributed by atoms with E-state index in [4.69, 9.17) is 4.74 Å². The number of carbonyl (C=O) groups excluding carboxylic acids is 1. The highest BCUT2D eigenvalue weighted by atomic mass is 16.5. The molecule has 8 atom stereocenters. The molecule has 1 spiro atoms. The van der Waals surface area contributed by atoms with Gasteiger partial charge < -0.3 is 20.1 Å². The van der Waals surface area contributed by atoms with Gasteiger partial charge in [-0.2, -0.15) is 0 Å². The summed E-state index contributed by atoms with van der Waals surface area (Å²) < 4.78 is 5.78. The summed E-state index contributed by atoms with van der Waals surface area (Å²) in [4.78, 5) is 12.3. The van der Waals surface area contributed by atoms with Gasteiger partial charge in [0.1, 0.15) is 0 Å². The van der Waals surface area contributed by atoms with Crippen molar-refractivity contribution in [2.24, 2.45) is 39.9 Å². The standard InChI is InChI=1S/C25H42O5/c1-16(2)10-20(28)30-15-22(3)7-5-8-23(4)21(22)19(27)11-18-13-25(29,14-26)17-6-9-24(18,23)12-17/h16-19,21,26-27,29H,5-15H2,1-4H3/t17-,18-,19+,21+,22-,23+,24-,25-/m0/s1. The van der Waals surface area contributed by atoms with Crippen LogP contribution in [-0.4, -0.2) is 46.2 Å². The normalized spacial score (nSPS) is 50.1. The summed E-state index contributed by atoms with van der Waals surface area (Å²) in [7, 11) is 0. The van der Waals surface area contributed by atoms with Crippen LogP contribution in [0.3, 0.4) is 0 Å². The van der Waals surface area contributed by atoms with Crippen molar-refractivity contribution in [1.29, 1.82) is 0 Å². The molecular weight excluding hydrogens is 380 g/mol. The van der Waals surface area contributed by atoms with Crippen LogP contribution < -0.4 is 0 Å². The Hall–Kier alpha value is -0.650. The maximum absolute atomic E-state index is 12.3. The Kier molecular flexibility index (Phi) is 5.60. The SMILES string of the molecule is CC(C)CC(=O)OC[C@]1(C)CCC[C@]2(C)[C@@H]1[C@H](O)C[C@H]1C[C@](O)(CO)[C@H]3CC[C@]12C3. The Morgan fingerprint density at radius 2 is 1.87 bits per heavy atom. The van der Waals surface area contributed by atoms with Crippen molar-refractivity contribution in [3.63, 3.8) is 0 Å². The fourth-order valence-corrected chi connectivity index (χ4v) is 8.80. The fraction of sp³-hybridized carbons (Fsp3) is 0.960. The van der Waals surface area contributed by atoms with Crippen LogP contribution in [0.4, 0.5) is 0 Å². The van der Waals surface area contributed by atoms with E-state index in [0.29, 0.717) is 25.9 Å². The van der Waals surface area contributed by atoms with Crippen molar-refractivity contribution < 1.29 is 24.9 Å². The van der Waals surface area contributed by atoms with Gasteiger partial charge >= 0.3 is 5.97 Å². The molecule has 4 aliphatic carbocycles. The number of hydrogen-bond acceptors (Lipinski definition) is 5. The lowest BCUT2D eigenvalue weighted by Crippen LogP contribution is -2.66. The highest BCUT2D eigenvalue weighted by Gasteiger charge is 2.71. The first-order valence-electron chi connectivity index (χ1n) is 12.2. The van der Waals surface area contributed by atoms with Gasteiger partial charge in [0, 0.05) is 11.8 Å². The number of ether oxygens (including phenoxy) is 1. The molecule has 30 heavy (non-hydrogen) atoms. The Balaban J connectivity index is 1.62. The molecule has 5 nitrogen and oxygen atoms in total. The van der Waals surface area contributed by atoms with Gasteiger partial charge in [-0.05, 0) is 79.4 Å². The van der Waals surface area contributed by atoms with E-state index in [1.807, 2.05) is 13.8 Å². The Morgan fingerprint density at radius 3 is 2.53 bits per heavy atom. The van der Waals surface area contributed by atoms with E-state index in [0.717, 1.165) is 38.5 Å². The first kappa shape index (κ1) is 22.5. The molecule has 4 aliphatic rings. The van der Waals surface area contributed by atoms with Gasteiger partial charge in [-0.3, -0.25) is 4.79 Å². The third-order valence-electron chi connectivity index (χ3n) is 10.0. The predicted molar refractivity (Wildman–Crippen MR) is 115 cm³/mol. The second-order valence-electron chi connectivity index (χ2n) is 12.2. The summed E-state index contributed by atoms with van der Waals surface area (Å²) in [6.07, 6.45) is 7.42. The third-order valence-corrected chi connectivity index (χ3v) is 10.0. The second-order valence-corrected chi connectivity index (χ2v) is 12.2. The van der Waals surface area contributed by atoms with Crippen LogP contribution in [0.15, 0.2) is 0 Å². The summed E-state index contributed by atoms with van der Waals surface area (Å²) in [5.74, 6) is 0.649. The molecule has 5 heteroatoms. The molecule has 0 saturated heterocycles. The van der Waals surface area contributed by atoms with Gasteiger partial charge in [-0.1, -0.05) is 34.1 Å². The minimum Gasteiger partial charge on any atom is -0.465 e. The Morgan fingerprint density at radius 1 is 1.13 bits per heavy atom. The monoisotopic (exact) mass is 422 g/mol. The van der Waals surface area contributed by atoms with Crippen molar-refractivity contribution in [3.05, 3.63) is 0 Å². The quantitative estimate of drug-likeness (QED) is 0.588. The van der Waals surface area contributed by atoms with E-state index in [-0.39, 0.29) is 52.5 Å². The number of esters is 1. The molecule has 3 N–H and O–H groups in total. The van der Waals surface area contributed by atoms with Crippen molar-refractivity contribution >= 4 is 5.97 Å². The van der Waals surface area contributed by atoms with Gasteiger partial charge in [0.25, 0.3) is 0 Å². The fourth-order valence-electron chi connectivity index (χ4n) is 8.80. The number of hydrogen-bond donors (Lipinski definition) is 3. The summed E-state index contributed by atoms with van der Waals surface area (Å²) in [6.45, 7) is 8.87. The first-order chi connectivity index (χ1) is 14.0. The maximum Gasteiger partial charge on any atom is 0.306 e. The van der Waals surface area contributed by atoms with Crippen molar-refractivity contribution in [2.75, 3.05) is 13.2 Å². The predicted octanol–water partition coefficient (Wildman–Crippen LogP) is 3.68. The number of aliphatic hydroxyl groups excluding tert-OH is 2. The van der Waals surface area contributed by atoms with Crippen LogP contribution in [0.25, 0.3) is 0 Å². The van der Waals surface area contributed by atoms with Crippen LogP contribution in [0.1, 0.15) is 85.5 Å². The molecular formula is C25H42O5. The van der Waals surface area contributed by atoms with Gasteiger partial charge in [0.2, 0.25) is 0 Å². The highest BCUT2D eigenvalue weighted by molar-refractivity contribution is 5.69. The van der Waals surface area contributed by atoms with Crippen molar-refractivity contribution in [3.8, 4) is 0 Å². The van der Waals surface area contributed by atoms with Crippen LogP contribution in [-0.2, 0) is 9.53 Å². The van der Waals surface area contributed by atoms with Crippen LogP contribution in [0.5, 0.6) is 0 Å². The van der Waals surface area contributed by atoms with Crippen molar-refractivity contribution in [1.82, 2.24) is 0 Å². The minimum atomic E-state index is -0.988. The third kappa shape index (κ3) is 3.17. The van der Waals surface area contributed by atoms with Crippen LogP contribution >= 0.6 is 0 Å². The Bertz CT molecular complexity index is 678. The summed E-state index contributed by atoms with van der Waals surface area (Å²) in [5.41, 5.74) is -1.12. The van der Waals surface area contributed by atoms with Gasteiger partial charge in [-0.15, -0.1) is 0 Å². The van der Waals surface area contributed by atoms with Gasteiger partial charge in [-0.25, -0.2) is 0 Å². The van der Waals surface area contributed by atoms with E-state index in [1.165, 1.54) is 0 Å². The smallest absolute Gasteiger partial charge is 0.306 e. The number of carbonyl (C=O) groups is 1. The molecule has 0 aromatic heterocycles. The molecule has 0 aliphatic heterocycles. The van der Waals surface area contributed by atoms with E-state index < -0.39 is 11.7 Å². The second kappa shape index (κ2) is 7.45. The van der Waals surface area contributed by atoms with Crippen molar-refractivity contribution in [2.45, 2.75) is 97.2 Å². The average molecular weight is 423 g/mol. The molecule has 0 heterocycles. The number of rotatable bonds is 5. The number of fused-ring (bicyclic) bond motifs is 2. The molecule has 2 bridgehead atoms. The number of aliphatic hydroxyl groups is 3. The molecule has 4 fully saturated rings. The van der Waals surface area contributed by atoms with Gasteiger partial charge in [0.15, 0.2) is 0 Å². The minimum absolute atomic E-state index is 0.0294. The van der Waals surface area contributed by atoms with E-state index in [9.17, 15) is 20.1 Å². The molecule has 0 unspecified atom stereocenters. The molecule has 4 rings (SSSR count). The van der Waals surface area contributed by atoms with E-state index in [2.05, 4.69) is 13.8 Å². The lowest BCUT2D eigenvalue weighted by atomic mass is 9.37. The highest BCUT2D eigenvalue weighted by Crippen LogP contribution is 2.75. The molecule has 0 aromatic rings. The van der Waals surface area contributed by atoms with Crippen LogP contribution in [0, 0.1) is 39.9 Å². The zero-order valence-corrected chi connectivity index (χ0v) is 19.3. The van der Waals surface area contributed by atoms with E-state index >= 15 is 0 Å². The zero-order chi connectivity index (χ0) is 21.9. The lowest BCUT2D eigenvalue weighted by Gasteiger charge is -2.68. The summed E-state index contributed by atoms with van der Waals surface area (Å²) in [5, 5.41) is 32.5. The molecule has 0 amide bonds. The van der Waals surface area contributed by atoms with Gasteiger partial charge in [0.05, 0.1) is 24.9 Å². The topological polar surface area (TPSA) is 87.0 Å². The Labute approximate surface area is 181 Å².